The van der Waals surface area contributed by atoms with Crippen LogP contribution in [0.3, 0.4) is 0 Å². The van der Waals surface area contributed by atoms with Crippen molar-refractivity contribution in [2.75, 3.05) is 18.1 Å². The molecule has 0 aliphatic carbocycles. The van der Waals surface area contributed by atoms with Crippen molar-refractivity contribution in [1.82, 2.24) is 0 Å². The van der Waals surface area contributed by atoms with Crippen molar-refractivity contribution >= 4 is 29.5 Å². The van der Waals surface area contributed by atoms with Gasteiger partial charge in [-0.1, -0.05) is 11.8 Å². The molecule has 0 saturated heterocycles. The van der Waals surface area contributed by atoms with E-state index in [-0.39, 0.29) is 34.3 Å². The van der Waals surface area contributed by atoms with E-state index in [0.717, 1.165) is 11.8 Å². The van der Waals surface area contributed by atoms with Gasteiger partial charge in [0.05, 0.1) is 12.6 Å². The average Bonchev–Trinajstić information content (AvgIpc) is 2.36. The summed E-state index contributed by atoms with van der Waals surface area (Å²) in [5, 5.41) is 19.6. The van der Waals surface area contributed by atoms with Crippen molar-refractivity contribution in [3.05, 3.63) is 17.2 Å². The highest BCUT2D eigenvalue weighted by Gasteiger charge is 2.20. The molecule has 0 fully saturated rings. The number of ether oxygens (including phenoxy) is 1. The second-order valence-corrected chi connectivity index (χ2v) is 4.32. The van der Waals surface area contributed by atoms with Crippen LogP contribution in [0.2, 0.25) is 0 Å². The van der Waals surface area contributed by atoms with E-state index in [4.69, 9.17) is 15.7 Å². The van der Waals surface area contributed by atoms with Gasteiger partial charge in [0.25, 0.3) is 5.82 Å². The number of esters is 1. The molecule has 1 aromatic rings. The molecule has 0 aliphatic rings. The van der Waals surface area contributed by atoms with E-state index in [1.807, 2.05) is 6.07 Å². The number of hydrogen-bond acceptors (Lipinski definition) is 7. The van der Waals surface area contributed by atoms with Gasteiger partial charge in [-0.15, -0.1) is 0 Å². The highest BCUT2D eigenvalue weighted by atomic mass is 32.2. The van der Waals surface area contributed by atoms with E-state index in [2.05, 4.69) is 4.98 Å². The van der Waals surface area contributed by atoms with Crippen LogP contribution in [0, 0.1) is 11.3 Å². The van der Waals surface area contributed by atoms with E-state index < -0.39 is 11.9 Å². The average molecular weight is 281 g/mol. The molecule has 0 aromatic carbocycles. The molecule has 7 nitrogen and oxygen atoms in total. The van der Waals surface area contributed by atoms with Crippen molar-refractivity contribution in [1.29, 1.82) is 5.26 Å². The topological polar surface area (TPSA) is 130 Å². The molecule has 100 valence electrons. The number of nitrogens with two attached hydrogens (primary N) is 1. The summed E-state index contributed by atoms with van der Waals surface area (Å²) < 4.78 is 4.79. The number of aromatic nitrogens is 1. The Bertz CT molecular complexity index is 554. The van der Waals surface area contributed by atoms with Crippen LogP contribution >= 0.6 is 11.8 Å². The zero-order valence-electron chi connectivity index (χ0n) is 10.1. The second kappa shape index (κ2) is 6.61. The van der Waals surface area contributed by atoms with Gasteiger partial charge in [0.15, 0.2) is 5.03 Å². The summed E-state index contributed by atoms with van der Waals surface area (Å²) in [5.74, 6) is -2.23. The van der Waals surface area contributed by atoms with Gasteiger partial charge in [0, 0.05) is 5.75 Å². The van der Waals surface area contributed by atoms with Crippen LogP contribution in [0.25, 0.3) is 0 Å². The number of carboxylic acid groups (broad SMARTS) is 1. The molecule has 0 spiro atoms. The summed E-state index contributed by atoms with van der Waals surface area (Å²) >= 11 is 0.855. The number of thioether (sulfide) groups is 1. The van der Waals surface area contributed by atoms with Gasteiger partial charge < -0.3 is 14.6 Å². The van der Waals surface area contributed by atoms with Crippen LogP contribution in [-0.2, 0) is 9.53 Å². The Hall–Kier alpha value is -2.27. The third kappa shape index (κ3) is 3.86. The summed E-state index contributed by atoms with van der Waals surface area (Å²) in [6, 6.07) is 3.12. The summed E-state index contributed by atoms with van der Waals surface area (Å²) in [6.45, 7) is 1.83. The summed E-state index contributed by atoms with van der Waals surface area (Å²) in [7, 11) is 0. The zero-order valence-corrected chi connectivity index (χ0v) is 10.9. The van der Waals surface area contributed by atoms with E-state index in [0.29, 0.717) is 0 Å². The molecule has 0 bridgehead atoms. The van der Waals surface area contributed by atoms with Crippen molar-refractivity contribution < 1.29 is 24.4 Å². The quantitative estimate of drug-likeness (QED) is 0.539. The Balaban J connectivity index is 3.11. The molecule has 8 heteroatoms. The van der Waals surface area contributed by atoms with Crippen LogP contribution in [0.5, 0.6) is 0 Å². The normalized spacial score (nSPS) is 9.68. The largest absolute Gasteiger partial charge is 0.549 e. The Kier molecular flexibility index (Phi) is 5.14. The number of nitrogens with one attached hydrogen (secondary N) is 1. The number of hydrogen-bond donors (Lipinski definition) is 1. The molecule has 0 saturated carbocycles. The van der Waals surface area contributed by atoms with Crippen molar-refractivity contribution in [2.45, 2.75) is 11.9 Å². The SMILES string of the molecule is CCOC(=O)c1cc(C#N)c(SCC(=O)[O-])[nH+]c1N. The Morgan fingerprint density at radius 3 is 2.84 bits per heavy atom. The van der Waals surface area contributed by atoms with Gasteiger partial charge in [-0.3, -0.25) is 5.73 Å². The number of rotatable bonds is 5. The molecule has 0 amide bonds. The maximum absolute atomic E-state index is 11.6. The highest BCUT2D eigenvalue weighted by Crippen LogP contribution is 2.20. The fourth-order valence-electron chi connectivity index (χ4n) is 1.25. The van der Waals surface area contributed by atoms with Gasteiger partial charge in [-0.05, 0) is 13.0 Å². The number of H-pyrrole nitrogens is 1. The third-order valence-electron chi connectivity index (χ3n) is 2.02. The molecule has 0 aliphatic heterocycles. The number of carboxylic acids is 1. The lowest BCUT2D eigenvalue weighted by Gasteiger charge is -2.05. The van der Waals surface area contributed by atoms with Gasteiger partial charge in [0.1, 0.15) is 17.2 Å². The number of nitriles is 1. The lowest BCUT2D eigenvalue weighted by atomic mass is 10.2. The highest BCUT2D eigenvalue weighted by molar-refractivity contribution is 7.99. The first-order chi connectivity index (χ1) is 8.99. The van der Waals surface area contributed by atoms with Gasteiger partial charge in [-0.25, -0.2) is 9.78 Å². The number of aliphatic carboxylic acids is 1. The molecular formula is C11H11N3O4S. The third-order valence-corrected chi connectivity index (χ3v) is 3.01. The maximum Gasteiger partial charge on any atom is 0.346 e. The smallest absolute Gasteiger partial charge is 0.346 e. The number of anilines is 1. The van der Waals surface area contributed by atoms with E-state index in [9.17, 15) is 14.7 Å². The van der Waals surface area contributed by atoms with Crippen molar-refractivity contribution in [3.8, 4) is 6.07 Å². The first-order valence-corrected chi connectivity index (χ1v) is 6.23. The fourth-order valence-corrected chi connectivity index (χ4v) is 1.95. The summed E-state index contributed by atoms with van der Waals surface area (Å²) in [5.41, 5.74) is 5.79. The van der Waals surface area contributed by atoms with Crippen LogP contribution in [0.4, 0.5) is 5.82 Å². The minimum atomic E-state index is -1.27. The fraction of sp³-hybridized carbons (Fsp3) is 0.273. The number of carbonyl (C=O) groups is 2. The summed E-state index contributed by atoms with van der Waals surface area (Å²) in [4.78, 5) is 24.6. The van der Waals surface area contributed by atoms with Gasteiger partial charge >= 0.3 is 5.97 Å². The predicted molar refractivity (Wildman–Crippen MR) is 63.8 cm³/mol. The van der Waals surface area contributed by atoms with Gasteiger partial charge in [-0.2, -0.15) is 5.26 Å². The second-order valence-electron chi connectivity index (χ2n) is 3.33. The molecule has 1 aromatic heterocycles. The minimum Gasteiger partial charge on any atom is -0.549 e. The number of nitrogen functional groups attached to an aromatic ring is 1. The molecule has 3 N–H and O–H groups in total. The van der Waals surface area contributed by atoms with Crippen LogP contribution in [-0.4, -0.2) is 24.3 Å². The minimum absolute atomic E-state index is 0.0123. The summed E-state index contributed by atoms with van der Waals surface area (Å²) in [6.07, 6.45) is 0. The molecule has 0 atom stereocenters. The van der Waals surface area contributed by atoms with E-state index >= 15 is 0 Å². The predicted octanol–water partition coefficient (Wildman–Crippen LogP) is -1.03. The molecule has 0 radical (unpaired) electrons. The number of carbonyl (C=O) groups excluding carboxylic acids is 2. The Labute approximate surface area is 113 Å². The van der Waals surface area contributed by atoms with Crippen LogP contribution in [0.1, 0.15) is 22.8 Å². The number of nitrogens with zero attached hydrogens (tertiary/aromatic N) is 1. The standard InChI is InChI=1S/C11H11N3O4S/c1-2-18-11(17)7-3-6(4-12)10(14-9(7)13)19-5-8(15)16/h3H,2,5H2,1H3,(H2,13,14)(H,15,16). The number of pyridine rings is 1. The molecule has 0 unspecified atom stereocenters. The van der Waals surface area contributed by atoms with Crippen molar-refractivity contribution in [2.24, 2.45) is 0 Å². The van der Waals surface area contributed by atoms with Crippen molar-refractivity contribution in [3.63, 3.8) is 0 Å². The molecule has 19 heavy (non-hydrogen) atoms. The molecule has 1 rings (SSSR count). The molecular weight excluding hydrogens is 270 g/mol. The number of aromatic amines is 1. The van der Waals surface area contributed by atoms with Crippen LogP contribution < -0.4 is 15.8 Å². The monoisotopic (exact) mass is 281 g/mol. The first-order valence-electron chi connectivity index (χ1n) is 5.25. The lowest BCUT2D eigenvalue weighted by molar-refractivity contribution is -0.410. The van der Waals surface area contributed by atoms with Gasteiger partial charge in [0.2, 0.25) is 0 Å². The Morgan fingerprint density at radius 1 is 1.63 bits per heavy atom. The lowest BCUT2D eigenvalue weighted by Crippen LogP contribution is -2.26. The van der Waals surface area contributed by atoms with E-state index in [1.54, 1.807) is 6.92 Å². The van der Waals surface area contributed by atoms with Crippen LogP contribution in [0.15, 0.2) is 11.1 Å². The zero-order chi connectivity index (χ0) is 14.4. The molecule has 1 heterocycles. The Morgan fingerprint density at radius 2 is 2.32 bits per heavy atom. The maximum atomic E-state index is 11.6. The first kappa shape index (κ1) is 14.8. The van der Waals surface area contributed by atoms with E-state index in [1.165, 1.54) is 6.07 Å².